The highest BCUT2D eigenvalue weighted by molar-refractivity contribution is 6.02. The topological polar surface area (TPSA) is 96.9 Å². The Balaban J connectivity index is 1.52. The predicted molar refractivity (Wildman–Crippen MR) is 147 cm³/mol. The number of hydrogen-bond acceptors (Lipinski definition) is 6. The number of rotatable bonds is 2. The first-order chi connectivity index (χ1) is 18.3. The second-order valence-electron chi connectivity index (χ2n) is 14.9. The third-order valence-electron chi connectivity index (χ3n) is 12.7. The average molecular weight is 530 g/mol. The van der Waals surface area contributed by atoms with Gasteiger partial charge in [0, 0.05) is 23.7 Å². The Bertz CT molecular complexity index is 1360. The van der Waals surface area contributed by atoms with Crippen molar-refractivity contribution in [2.75, 3.05) is 0 Å². The van der Waals surface area contributed by atoms with Crippen molar-refractivity contribution < 1.29 is 14.1 Å². The molecule has 1 aromatic heterocycles. The molecule has 1 heterocycles. The van der Waals surface area contributed by atoms with Crippen LogP contribution in [0.2, 0.25) is 0 Å². The quantitative estimate of drug-likeness (QED) is 0.422. The Labute approximate surface area is 232 Å². The Kier molecular flexibility index (Phi) is 5.63. The fourth-order valence-corrected chi connectivity index (χ4v) is 10.2. The van der Waals surface area contributed by atoms with Gasteiger partial charge in [-0.1, -0.05) is 65.3 Å². The van der Waals surface area contributed by atoms with Gasteiger partial charge in [-0.3, -0.25) is 9.59 Å². The molecule has 3 fully saturated rings. The van der Waals surface area contributed by atoms with E-state index in [-0.39, 0.29) is 62.5 Å². The van der Waals surface area contributed by atoms with Crippen LogP contribution >= 0.6 is 0 Å². The maximum absolute atomic E-state index is 14.5. The lowest BCUT2D eigenvalue weighted by Crippen LogP contribution is -2.65. The number of fused-ring (bicyclic) bond motifs is 7. The number of carbonyl (C=O) groups excluding carboxylic acids is 2. The number of nitrogens with zero attached hydrogens (tertiary/aromatic N) is 3. The van der Waals surface area contributed by atoms with E-state index in [9.17, 15) is 14.9 Å². The van der Waals surface area contributed by atoms with E-state index in [1.54, 1.807) is 0 Å². The van der Waals surface area contributed by atoms with Crippen LogP contribution in [0.25, 0.3) is 0 Å². The summed E-state index contributed by atoms with van der Waals surface area (Å²) in [6, 6.07) is 2.18. The van der Waals surface area contributed by atoms with Crippen LogP contribution in [0.5, 0.6) is 0 Å². The van der Waals surface area contributed by atoms with E-state index >= 15 is 0 Å². The number of nitriles is 1. The van der Waals surface area contributed by atoms with Crippen LogP contribution < -0.4 is 0 Å². The van der Waals surface area contributed by atoms with Crippen molar-refractivity contribution in [3.05, 3.63) is 35.0 Å². The number of aromatic nitrogens is 2. The van der Waals surface area contributed by atoms with Crippen LogP contribution in [-0.4, -0.2) is 21.7 Å². The summed E-state index contributed by atoms with van der Waals surface area (Å²) >= 11 is 0. The molecule has 39 heavy (non-hydrogen) atoms. The number of allylic oxidation sites excluding steroid dienone is 4. The third kappa shape index (κ3) is 3.31. The Hall–Kier alpha value is -2.55. The zero-order valence-corrected chi connectivity index (χ0v) is 24.7. The van der Waals surface area contributed by atoms with Crippen LogP contribution in [-0.2, 0) is 21.4 Å². The average Bonchev–Trinajstić information content (AvgIpc) is 3.37. The molecular weight excluding hydrogens is 486 g/mol. The molecule has 0 amide bonds. The van der Waals surface area contributed by atoms with Gasteiger partial charge in [-0.15, -0.1) is 0 Å². The first-order valence-corrected chi connectivity index (χ1v) is 15.0. The van der Waals surface area contributed by atoms with Crippen LogP contribution in [0.4, 0.5) is 0 Å². The summed E-state index contributed by atoms with van der Waals surface area (Å²) < 4.78 is 5.98. The van der Waals surface area contributed by atoms with Gasteiger partial charge >= 0.3 is 0 Å². The molecule has 0 aromatic carbocycles. The molecule has 208 valence electrons. The maximum atomic E-state index is 14.5. The van der Waals surface area contributed by atoms with E-state index in [4.69, 9.17) is 9.51 Å². The Morgan fingerprint density at radius 3 is 2.44 bits per heavy atom. The molecule has 0 aliphatic heterocycles. The van der Waals surface area contributed by atoms with Crippen molar-refractivity contribution in [1.29, 1.82) is 5.26 Å². The monoisotopic (exact) mass is 529 g/mol. The fourth-order valence-electron chi connectivity index (χ4n) is 10.2. The SMILES string of the molecule is CCc1noc([C@]23CCC(C)(C)C[C@H]2[C@H]2C(=O)C=C4[C@@]5(C)C=C(C#N)C(=O)[C@@H](C)[C@@H]5CC[C@@]4(C)[C@]2(C)CC3)n1. The molecule has 0 saturated heterocycles. The van der Waals surface area contributed by atoms with Crippen molar-refractivity contribution in [3.8, 4) is 6.07 Å². The van der Waals surface area contributed by atoms with E-state index < -0.39 is 5.41 Å². The van der Waals surface area contributed by atoms with E-state index in [1.165, 1.54) is 0 Å². The van der Waals surface area contributed by atoms with Crippen molar-refractivity contribution >= 4 is 11.6 Å². The Morgan fingerprint density at radius 2 is 1.77 bits per heavy atom. The lowest BCUT2D eigenvalue weighted by atomic mass is 9.35. The summed E-state index contributed by atoms with van der Waals surface area (Å²) in [5.41, 5.74) is 0.365. The molecule has 0 N–H and O–H groups in total. The van der Waals surface area contributed by atoms with Crippen LogP contribution in [0, 0.1) is 56.7 Å². The van der Waals surface area contributed by atoms with E-state index in [0.29, 0.717) is 0 Å². The number of hydrogen-bond donors (Lipinski definition) is 0. The van der Waals surface area contributed by atoms with Gasteiger partial charge in [0.1, 0.15) is 6.07 Å². The lowest BCUT2D eigenvalue weighted by molar-refractivity contribution is -0.159. The minimum atomic E-state index is -0.474. The van der Waals surface area contributed by atoms with Gasteiger partial charge in [-0.05, 0) is 79.1 Å². The summed E-state index contributed by atoms with van der Waals surface area (Å²) in [5.74, 6) is 1.55. The van der Waals surface area contributed by atoms with Crippen molar-refractivity contribution in [2.45, 2.75) is 105 Å². The first kappa shape index (κ1) is 26.7. The van der Waals surface area contributed by atoms with Crippen LogP contribution in [0.1, 0.15) is 105 Å². The van der Waals surface area contributed by atoms with Gasteiger partial charge < -0.3 is 4.52 Å². The van der Waals surface area contributed by atoms with Crippen LogP contribution in [0.3, 0.4) is 0 Å². The van der Waals surface area contributed by atoms with Gasteiger partial charge in [0.05, 0.1) is 11.0 Å². The van der Waals surface area contributed by atoms with Gasteiger partial charge in [0.2, 0.25) is 5.89 Å². The number of aryl methyl sites for hydroxylation is 1. The molecule has 6 nitrogen and oxygen atoms in total. The summed E-state index contributed by atoms with van der Waals surface area (Å²) in [6.45, 7) is 15.6. The molecule has 6 rings (SSSR count). The molecule has 8 atom stereocenters. The van der Waals surface area contributed by atoms with E-state index in [0.717, 1.165) is 68.7 Å². The molecule has 6 heteroatoms. The van der Waals surface area contributed by atoms with Gasteiger partial charge in [-0.2, -0.15) is 10.2 Å². The maximum Gasteiger partial charge on any atom is 0.233 e. The van der Waals surface area contributed by atoms with Crippen LogP contribution in [0.15, 0.2) is 27.8 Å². The highest BCUT2D eigenvalue weighted by Crippen LogP contribution is 2.73. The van der Waals surface area contributed by atoms with E-state index in [2.05, 4.69) is 45.8 Å². The highest BCUT2D eigenvalue weighted by Gasteiger charge is 2.70. The fraction of sp³-hybridized carbons (Fsp3) is 0.727. The molecule has 5 aliphatic carbocycles. The number of Topliss-reactive ketones (excluding diaryl/α,β-unsaturated/α-hetero) is 1. The molecule has 5 aliphatic rings. The summed E-state index contributed by atoms with van der Waals surface area (Å²) in [5, 5.41) is 14.1. The van der Waals surface area contributed by atoms with Crippen molar-refractivity contribution in [3.63, 3.8) is 0 Å². The second-order valence-corrected chi connectivity index (χ2v) is 14.9. The standard InChI is InChI=1S/C33H43N3O3/c1-8-25-35-28(39-36-25)33-13-11-29(3,4)17-22(33)26-23(37)15-24-30(5)16-20(18-34)27(38)19(2)21(30)9-10-31(24,6)32(26,7)12-14-33/h15-16,19,21-22,26H,8-14,17H2,1-7H3/t19-,21-,22-,26-,30-,31+,32+,33-/m0/s1. The highest BCUT2D eigenvalue weighted by atomic mass is 16.5. The molecule has 3 saturated carbocycles. The largest absolute Gasteiger partial charge is 0.339 e. The Morgan fingerprint density at radius 1 is 1.05 bits per heavy atom. The molecule has 0 unspecified atom stereocenters. The summed E-state index contributed by atoms with van der Waals surface area (Å²) in [7, 11) is 0. The normalized spacial score (nSPS) is 44.7. The number of carbonyl (C=O) groups is 2. The minimum Gasteiger partial charge on any atom is -0.339 e. The molecule has 0 spiro atoms. The van der Waals surface area contributed by atoms with Crippen molar-refractivity contribution in [1.82, 2.24) is 10.1 Å². The van der Waals surface area contributed by atoms with Gasteiger partial charge in [-0.25, -0.2) is 0 Å². The molecule has 0 bridgehead atoms. The summed E-state index contributed by atoms with van der Waals surface area (Å²) in [6.07, 6.45) is 11.4. The predicted octanol–water partition coefficient (Wildman–Crippen LogP) is 6.71. The van der Waals surface area contributed by atoms with E-state index in [1.807, 2.05) is 26.0 Å². The molecule has 0 radical (unpaired) electrons. The third-order valence-corrected chi connectivity index (χ3v) is 12.7. The first-order valence-electron chi connectivity index (χ1n) is 15.0. The smallest absolute Gasteiger partial charge is 0.233 e. The van der Waals surface area contributed by atoms with Gasteiger partial charge in [0.25, 0.3) is 0 Å². The zero-order valence-electron chi connectivity index (χ0n) is 24.7. The molecular formula is C33H43N3O3. The van der Waals surface area contributed by atoms with Gasteiger partial charge in [0.15, 0.2) is 17.4 Å². The summed E-state index contributed by atoms with van der Waals surface area (Å²) in [4.78, 5) is 32.4. The zero-order chi connectivity index (χ0) is 28.2. The minimum absolute atomic E-state index is 0.0479. The lowest BCUT2D eigenvalue weighted by Gasteiger charge is -2.68. The molecule has 1 aromatic rings. The number of ketones is 2. The second kappa shape index (κ2) is 8.24. The van der Waals surface area contributed by atoms with Crippen molar-refractivity contribution in [2.24, 2.45) is 45.3 Å².